The van der Waals surface area contributed by atoms with Crippen molar-refractivity contribution in [1.29, 1.82) is 0 Å². The van der Waals surface area contributed by atoms with Crippen LogP contribution in [0, 0.1) is 0 Å². The fraction of sp³-hybridized carbons (Fsp3) is 0.889. The summed E-state index contributed by atoms with van der Waals surface area (Å²) in [7, 11) is 4.13. The molecule has 0 radical (unpaired) electrons. The van der Waals surface area contributed by atoms with E-state index in [1.54, 1.807) is 0 Å². The van der Waals surface area contributed by atoms with Crippen LogP contribution in [-0.4, -0.2) is 42.4 Å². The zero-order valence-electron chi connectivity index (χ0n) is 9.25. The number of hydrazine groups is 1. The molecule has 1 atom stereocenters. The standard InChI is InChI=1S/C9H21N3OS/c1-8(4-5-9(13)11-10)14-7-6-12(2)3/h8H,4-7,10H2,1-3H3,(H,11,13). The number of nitrogens with two attached hydrogens (primary N) is 1. The maximum Gasteiger partial charge on any atom is 0.233 e. The van der Waals surface area contributed by atoms with Crippen LogP contribution in [0.5, 0.6) is 0 Å². The Balaban J connectivity index is 3.36. The Kier molecular flexibility index (Phi) is 7.93. The highest BCUT2D eigenvalue weighted by atomic mass is 32.2. The predicted molar refractivity (Wildman–Crippen MR) is 62.0 cm³/mol. The van der Waals surface area contributed by atoms with Crippen LogP contribution in [0.1, 0.15) is 19.8 Å². The van der Waals surface area contributed by atoms with Crippen molar-refractivity contribution in [2.45, 2.75) is 25.0 Å². The van der Waals surface area contributed by atoms with Crippen LogP contribution < -0.4 is 11.3 Å². The summed E-state index contributed by atoms with van der Waals surface area (Å²) in [6.07, 6.45) is 1.41. The van der Waals surface area contributed by atoms with Crippen molar-refractivity contribution in [3.8, 4) is 0 Å². The molecule has 1 amide bonds. The van der Waals surface area contributed by atoms with Gasteiger partial charge in [0.2, 0.25) is 5.91 Å². The van der Waals surface area contributed by atoms with Crippen molar-refractivity contribution in [3.63, 3.8) is 0 Å². The molecule has 0 aliphatic heterocycles. The lowest BCUT2D eigenvalue weighted by atomic mass is 10.2. The second kappa shape index (κ2) is 8.08. The van der Waals surface area contributed by atoms with Gasteiger partial charge in [0.25, 0.3) is 0 Å². The fourth-order valence-electron chi connectivity index (χ4n) is 0.926. The molecule has 0 fully saturated rings. The molecule has 0 bridgehead atoms. The quantitative estimate of drug-likeness (QED) is 0.370. The van der Waals surface area contributed by atoms with Crippen molar-refractivity contribution in [2.75, 3.05) is 26.4 Å². The van der Waals surface area contributed by atoms with E-state index in [0.717, 1.165) is 18.7 Å². The Morgan fingerprint density at radius 1 is 1.57 bits per heavy atom. The molecule has 0 aliphatic rings. The number of nitrogens with one attached hydrogen (secondary N) is 1. The Bertz CT molecular complexity index is 164. The van der Waals surface area contributed by atoms with E-state index in [0.29, 0.717) is 11.7 Å². The van der Waals surface area contributed by atoms with Gasteiger partial charge in [-0.3, -0.25) is 10.2 Å². The summed E-state index contributed by atoms with van der Waals surface area (Å²) in [6.45, 7) is 3.22. The maximum atomic E-state index is 10.8. The Morgan fingerprint density at radius 2 is 2.21 bits per heavy atom. The average Bonchev–Trinajstić information content (AvgIpc) is 2.13. The summed E-state index contributed by atoms with van der Waals surface area (Å²) >= 11 is 1.89. The minimum Gasteiger partial charge on any atom is -0.309 e. The van der Waals surface area contributed by atoms with Crippen molar-refractivity contribution in [2.24, 2.45) is 5.84 Å². The number of thioether (sulfide) groups is 1. The zero-order valence-corrected chi connectivity index (χ0v) is 10.1. The number of hydrogen-bond donors (Lipinski definition) is 2. The molecule has 0 aliphatic carbocycles. The maximum absolute atomic E-state index is 10.8. The second-order valence-corrected chi connectivity index (χ2v) is 5.14. The highest BCUT2D eigenvalue weighted by molar-refractivity contribution is 7.99. The summed E-state index contributed by atoms with van der Waals surface area (Å²) in [4.78, 5) is 13.0. The van der Waals surface area contributed by atoms with Gasteiger partial charge in [-0.15, -0.1) is 0 Å². The van der Waals surface area contributed by atoms with Crippen molar-refractivity contribution >= 4 is 17.7 Å². The lowest BCUT2D eigenvalue weighted by molar-refractivity contribution is -0.121. The number of hydrogen-bond acceptors (Lipinski definition) is 4. The average molecular weight is 219 g/mol. The Morgan fingerprint density at radius 3 is 2.71 bits per heavy atom. The molecule has 1 unspecified atom stereocenters. The molecule has 5 heteroatoms. The van der Waals surface area contributed by atoms with Gasteiger partial charge in [0.05, 0.1) is 0 Å². The molecule has 4 nitrogen and oxygen atoms in total. The van der Waals surface area contributed by atoms with E-state index < -0.39 is 0 Å². The third kappa shape index (κ3) is 8.34. The molecule has 0 spiro atoms. The van der Waals surface area contributed by atoms with E-state index in [4.69, 9.17) is 5.84 Å². The van der Waals surface area contributed by atoms with E-state index in [-0.39, 0.29) is 5.91 Å². The van der Waals surface area contributed by atoms with Crippen molar-refractivity contribution in [1.82, 2.24) is 10.3 Å². The first-order chi connectivity index (χ1) is 6.56. The number of carbonyl (C=O) groups is 1. The van der Waals surface area contributed by atoms with Crippen molar-refractivity contribution in [3.05, 3.63) is 0 Å². The minimum absolute atomic E-state index is 0.0786. The number of rotatable bonds is 7. The van der Waals surface area contributed by atoms with Gasteiger partial charge in [0, 0.05) is 24.0 Å². The van der Waals surface area contributed by atoms with Crippen LogP contribution in [0.3, 0.4) is 0 Å². The molecular formula is C9H21N3OS. The van der Waals surface area contributed by atoms with E-state index >= 15 is 0 Å². The molecule has 0 saturated carbocycles. The highest BCUT2D eigenvalue weighted by Crippen LogP contribution is 2.15. The molecule has 0 saturated heterocycles. The summed E-state index contributed by atoms with van der Waals surface area (Å²) < 4.78 is 0. The zero-order chi connectivity index (χ0) is 11.0. The van der Waals surface area contributed by atoms with Crippen LogP contribution >= 0.6 is 11.8 Å². The SMILES string of the molecule is CC(CCC(=O)NN)SCCN(C)C. The highest BCUT2D eigenvalue weighted by Gasteiger charge is 2.05. The number of amides is 1. The number of nitrogens with zero attached hydrogens (tertiary/aromatic N) is 1. The predicted octanol–water partition coefficient (Wildman–Crippen LogP) is 0.440. The molecular weight excluding hydrogens is 198 g/mol. The first-order valence-electron chi connectivity index (χ1n) is 4.82. The Hall–Kier alpha value is -0.260. The van der Waals surface area contributed by atoms with Gasteiger partial charge < -0.3 is 4.90 Å². The topological polar surface area (TPSA) is 58.4 Å². The molecule has 0 heterocycles. The third-order valence-corrected chi connectivity index (χ3v) is 3.10. The van der Waals surface area contributed by atoms with Crippen LogP contribution in [0.4, 0.5) is 0 Å². The van der Waals surface area contributed by atoms with E-state index in [2.05, 4.69) is 31.3 Å². The van der Waals surface area contributed by atoms with Gasteiger partial charge in [-0.05, 0) is 20.5 Å². The smallest absolute Gasteiger partial charge is 0.233 e. The molecule has 0 aromatic carbocycles. The van der Waals surface area contributed by atoms with Gasteiger partial charge in [0.15, 0.2) is 0 Å². The van der Waals surface area contributed by atoms with Crippen LogP contribution in [0.15, 0.2) is 0 Å². The molecule has 14 heavy (non-hydrogen) atoms. The van der Waals surface area contributed by atoms with Gasteiger partial charge in [-0.25, -0.2) is 5.84 Å². The largest absolute Gasteiger partial charge is 0.309 e. The van der Waals surface area contributed by atoms with E-state index in [1.807, 2.05) is 11.8 Å². The van der Waals surface area contributed by atoms with Crippen LogP contribution in [0.2, 0.25) is 0 Å². The minimum atomic E-state index is -0.0786. The fourth-order valence-corrected chi connectivity index (χ4v) is 2.08. The Labute approximate surface area is 90.6 Å². The summed E-state index contributed by atoms with van der Waals surface area (Å²) in [5, 5.41) is 0.521. The van der Waals surface area contributed by atoms with Gasteiger partial charge in [-0.1, -0.05) is 6.92 Å². The van der Waals surface area contributed by atoms with Gasteiger partial charge >= 0.3 is 0 Å². The van der Waals surface area contributed by atoms with Crippen LogP contribution in [0.25, 0.3) is 0 Å². The lowest BCUT2D eigenvalue weighted by Gasteiger charge is -2.13. The molecule has 0 rings (SSSR count). The van der Waals surface area contributed by atoms with Gasteiger partial charge in [-0.2, -0.15) is 11.8 Å². The molecule has 84 valence electrons. The summed E-state index contributed by atoms with van der Waals surface area (Å²) in [6, 6.07) is 0. The molecule has 3 N–H and O–H groups in total. The normalized spacial score (nSPS) is 12.9. The lowest BCUT2D eigenvalue weighted by Crippen LogP contribution is -2.30. The van der Waals surface area contributed by atoms with Crippen molar-refractivity contribution < 1.29 is 4.79 Å². The summed E-state index contributed by atoms with van der Waals surface area (Å²) in [5.41, 5.74) is 2.14. The first-order valence-corrected chi connectivity index (χ1v) is 5.87. The van der Waals surface area contributed by atoms with Gasteiger partial charge in [0.1, 0.15) is 0 Å². The summed E-state index contributed by atoms with van der Waals surface area (Å²) in [5.74, 6) is 6.02. The first kappa shape index (κ1) is 13.7. The molecule has 0 aromatic heterocycles. The monoisotopic (exact) mass is 219 g/mol. The molecule has 0 aromatic rings. The second-order valence-electron chi connectivity index (χ2n) is 3.59. The van der Waals surface area contributed by atoms with E-state index in [9.17, 15) is 4.79 Å². The number of carbonyl (C=O) groups excluding carboxylic acids is 1. The van der Waals surface area contributed by atoms with E-state index in [1.165, 1.54) is 0 Å². The van der Waals surface area contributed by atoms with Crippen LogP contribution in [-0.2, 0) is 4.79 Å². The third-order valence-electron chi connectivity index (χ3n) is 1.88.